The summed E-state index contributed by atoms with van der Waals surface area (Å²) < 4.78 is 6.95. The van der Waals surface area contributed by atoms with Crippen molar-refractivity contribution in [3.05, 3.63) is 52.5 Å². The monoisotopic (exact) mass is 408 g/mol. The number of halogens is 1. The molecule has 0 aliphatic heterocycles. The minimum absolute atomic E-state index is 0. The number of benzene rings is 1. The van der Waals surface area contributed by atoms with Crippen LogP contribution in [0.25, 0.3) is 10.2 Å². The number of ether oxygens (including phenoxy) is 1. The van der Waals surface area contributed by atoms with Crippen LogP contribution >= 0.6 is 23.7 Å². The van der Waals surface area contributed by atoms with Gasteiger partial charge in [0, 0.05) is 32.1 Å². The molecule has 0 aliphatic rings. The second-order valence-electron chi connectivity index (χ2n) is 6.06. The average Bonchev–Trinajstić information content (AvgIpc) is 3.21. The van der Waals surface area contributed by atoms with Crippen LogP contribution in [0.1, 0.15) is 20.9 Å². The molecular formula is C19H25ClN4O2S. The molecule has 2 N–H and O–H groups in total. The van der Waals surface area contributed by atoms with E-state index in [2.05, 4.69) is 27.9 Å². The fourth-order valence-corrected chi connectivity index (χ4v) is 3.82. The van der Waals surface area contributed by atoms with Crippen molar-refractivity contribution in [1.29, 1.82) is 0 Å². The van der Waals surface area contributed by atoms with E-state index in [1.165, 1.54) is 16.9 Å². The molecule has 3 rings (SSSR count). The largest absolute Gasteiger partial charge is 0.383 e. The molecule has 0 fully saturated rings. The molecule has 2 heterocycles. The van der Waals surface area contributed by atoms with Gasteiger partial charge in [0.2, 0.25) is 0 Å². The van der Waals surface area contributed by atoms with Crippen LogP contribution in [0, 0.1) is 6.92 Å². The summed E-state index contributed by atoms with van der Waals surface area (Å²) >= 11 is 1.49. The highest BCUT2D eigenvalue weighted by Crippen LogP contribution is 2.28. The number of fused-ring (bicyclic) bond motifs is 1. The number of hydrogen-bond donors (Lipinski definition) is 2. The third-order valence-corrected chi connectivity index (χ3v) is 5.22. The average molecular weight is 409 g/mol. The molecule has 0 bridgehead atoms. The number of carbonyl (C=O) groups excluding carboxylic acids is 1. The lowest BCUT2D eigenvalue weighted by Crippen LogP contribution is -2.32. The molecule has 3 aromatic rings. The molecule has 0 saturated carbocycles. The van der Waals surface area contributed by atoms with Crippen molar-refractivity contribution >= 4 is 39.9 Å². The minimum Gasteiger partial charge on any atom is -0.383 e. The summed E-state index contributed by atoms with van der Waals surface area (Å²) in [6.07, 6.45) is 0. The fourth-order valence-electron chi connectivity index (χ4n) is 2.74. The van der Waals surface area contributed by atoms with Crippen LogP contribution < -0.4 is 10.6 Å². The van der Waals surface area contributed by atoms with Gasteiger partial charge in [-0.2, -0.15) is 5.10 Å². The highest BCUT2D eigenvalue weighted by molar-refractivity contribution is 7.20. The molecule has 1 amide bonds. The number of hydrogen-bond acceptors (Lipinski definition) is 5. The quantitative estimate of drug-likeness (QED) is 0.534. The van der Waals surface area contributed by atoms with Crippen molar-refractivity contribution in [3.63, 3.8) is 0 Å². The maximum atomic E-state index is 12.4. The fraction of sp³-hybridized carbons (Fsp3) is 0.368. The van der Waals surface area contributed by atoms with Gasteiger partial charge in [-0.1, -0.05) is 30.3 Å². The second kappa shape index (κ2) is 10.4. The number of methoxy groups -OCH3 is 1. The standard InChI is InChI=1S/C19H24N4O2S.ClH/c1-14-16-12-17(18(24)21-9-8-20-10-11-25-2)26-19(16)23(22-14)13-15-6-4-3-5-7-15;/h3-7,12,20H,8-11,13H2,1-2H3,(H,21,24);1H. The molecule has 2 aromatic heterocycles. The highest BCUT2D eigenvalue weighted by Gasteiger charge is 2.16. The molecule has 8 heteroatoms. The van der Waals surface area contributed by atoms with Gasteiger partial charge >= 0.3 is 0 Å². The first-order chi connectivity index (χ1) is 12.7. The zero-order valence-electron chi connectivity index (χ0n) is 15.5. The Morgan fingerprint density at radius 1 is 1.22 bits per heavy atom. The lowest BCUT2D eigenvalue weighted by molar-refractivity contribution is 0.0958. The van der Waals surface area contributed by atoms with Gasteiger partial charge in [-0.15, -0.1) is 23.7 Å². The molecule has 0 radical (unpaired) electrons. The maximum absolute atomic E-state index is 12.4. The number of carbonyl (C=O) groups is 1. The third kappa shape index (κ3) is 5.52. The van der Waals surface area contributed by atoms with Gasteiger partial charge in [0.1, 0.15) is 4.83 Å². The lowest BCUT2D eigenvalue weighted by Gasteiger charge is -2.05. The smallest absolute Gasteiger partial charge is 0.261 e. The number of thiophene rings is 1. The third-order valence-electron chi connectivity index (χ3n) is 4.08. The van der Waals surface area contributed by atoms with E-state index in [1.807, 2.05) is 35.9 Å². The van der Waals surface area contributed by atoms with Crippen molar-refractivity contribution < 1.29 is 9.53 Å². The summed E-state index contributed by atoms with van der Waals surface area (Å²) in [4.78, 5) is 14.2. The number of amides is 1. The summed E-state index contributed by atoms with van der Waals surface area (Å²) in [5, 5.41) is 11.8. The van der Waals surface area contributed by atoms with E-state index in [0.717, 1.165) is 33.9 Å². The van der Waals surface area contributed by atoms with Crippen molar-refractivity contribution in [2.24, 2.45) is 0 Å². The Hall–Kier alpha value is -1.93. The van der Waals surface area contributed by atoms with Gasteiger partial charge in [-0.25, -0.2) is 0 Å². The van der Waals surface area contributed by atoms with Crippen molar-refractivity contribution in [3.8, 4) is 0 Å². The molecule has 6 nitrogen and oxygen atoms in total. The van der Waals surface area contributed by atoms with E-state index in [1.54, 1.807) is 7.11 Å². The normalized spacial score (nSPS) is 10.7. The Morgan fingerprint density at radius 2 is 2.00 bits per heavy atom. The number of aromatic nitrogens is 2. The predicted molar refractivity (Wildman–Crippen MR) is 112 cm³/mol. The van der Waals surface area contributed by atoms with Crippen molar-refractivity contribution in [2.45, 2.75) is 13.5 Å². The van der Waals surface area contributed by atoms with Gasteiger partial charge in [0.25, 0.3) is 5.91 Å². The van der Waals surface area contributed by atoms with E-state index in [9.17, 15) is 4.79 Å². The van der Waals surface area contributed by atoms with Crippen LogP contribution in [0.4, 0.5) is 0 Å². The summed E-state index contributed by atoms with van der Waals surface area (Å²) in [6, 6.07) is 12.2. The predicted octanol–water partition coefficient (Wildman–Crippen LogP) is 2.84. The number of rotatable bonds is 9. The minimum atomic E-state index is -0.0367. The first kappa shape index (κ1) is 21.4. The maximum Gasteiger partial charge on any atom is 0.261 e. The molecule has 0 saturated heterocycles. The Balaban J connectivity index is 0.00000261. The van der Waals surface area contributed by atoms with E-state index < -0.39 is 0 Å². The molecule has 0 atom stereocenters. The zero-order valence-corrected chi connectivity index (χ0v) is 17.2. The van der Waals surface area contributed by atoms with Gasteiger partial charge in [-0.3, -0.25) is 9.48 Å². The van der Waals surface area contributed by atoms with Crippen LogP contribution in [0.2, 0.25) is 0 Å². The molecule has 0 spiro atoms. The SMILES string of the molecule is COCCNCCNC(=O)c1cc2c(C)nn(Cc3ccccc3)c2s1.Cl. The molecular weight excluding hydrogens is 384 g/mol. The van der Waals surface area contributed by atoms with Crippen LogP contribution in [0.15, 0.2) is 36.4 Å². The number of nitrogens with one attached hydrogen (secondary N) is 2. The van der Waals surface area contributed by atoms with E-state index in [0.29, 0.717) is 19.7 Å². The first-order valence-corrected chi connectivity index (χ1v) is 9.49. The Bertz CT molecular complexity index is 863. The number of nitrogens with zero attached hydrogens (tertiary/aromatic N) is 2. The second-order valence-corrected chi connectivity index (χ2v) is 7.09. The number of aryl methyl sites for hydroxylation is 1. The topological polar surface area (TPSA) is 68.2 Å². The molecule has 0 aliphatic carbocycles. The molecule has 146 valence electrons. The summed E-state index contributed by atoms with van der Waals surface area (Å²) in [6.45, 7) is 5.45. The summed E-state index contributed by atoms with van der Waals surface area (Å²) in [5.74, 6) is -0.0367. The summed E-state index contributed by atoms with van der Waals surface area (Å²) in [7, 11) is 1.67. The zero-order chi connectivity index (χ0) is 18.4. The lowest BCUT2D eigenvalue weighted by atomic mass is 10.2. The summed E-state index contributed by atoms with van der Waals surface area (Å²) in [5.41, 5.74) is 2.14. The van der Waals surface area contributed by atoms with Gasteiger partial charge in [-0.05, 0) is 18.6 Å². The van der Waals surface area contributed by atoms with Crippen molar-refractivity contribution in [2.75, 3.05) is 33.4 Å². The molecule has 1 aromatic carbocycles. The molecule has 27 heavy (non-hydrogen) atoms. The van der Waals surface area contributed by atoms with Crippen LogP contribution in [0.3, 0.4) is 0 Å². The van der Waals surface area contributed by atoms with Gasteiger partial charge in [0.05, 0.1) is 23.7 Å². The highest BCUT2D eigenvalue weighted by atomic mass is 35.5. The van der Waals surface area contributed by atoms with Gasteiger partial charge in [0.15, 0.2) is 0 Å². The molecule has 0 unspecified atom stereocenters. The van der Waals surface area contributed by atoms with Crippen LogP contribution in [0.5, 0.6) is 0 Å². The van der Waals surface area contributed by atoms with Crippen LogP contribution in [-0.4, -0.2) is 49.0 Å². The Morgan fingerprint density at radius 3 is 2.74 bits per heavy atom. The van der Waals surface area contributed by atoms with Crippen LogP contribution in [-0.2, 0) is 11.3 Å². The Labute approximate surface area is 169 Å². The van der Waals surface area contributed by atoms with Crippen molar-refractivity contribution in [1.82, 2.24) is 20.4 Å². The first-order valence-electron chi connectivity index (χ1n) is 8.67. The van der Waals surface area contributed by atoms with Gasteiger partial charge < -0.3 is 15.4 Å². The van der Waals surface area contributed by atoms with E-state index in [4.69, 9.17) is 4.74 Å². The van der Waals surface area contributed by atoms with E-state index in [-0.39, 0.29) is 18.3 Å². The Kier molecular flexibility index (Phi) is 8.24. The van der Waals surface area contributed by atoms with E-state index >= 15 is 0 Å².